The number of hydrogen-bond donors (Lipinski definition) is 2. The Hall–Kier alpha value is -1.36. The van der Waals surface area contributed by atoms with Crippen LogP contribution in [0, 0.1) is 5.92 Å². The molecule has 1 atom stereocenters. The average Bonchev–Trinajstić information content (AvgIpc) is 2.83. The monoisotopic (exact) mass is 236 g/mol. The Morgan fingerprint density at radius 3 is 2.94 bits per heavy atom. The SMILES string of the molecule is O=C(CC1CC2CC[NH+]1CC2)Nc1ccon1. The van der Waals surface area contributed by atoms with E-state index in [4.69, 9.17) is 0 Å². The number of carbonyl (C=O) groups excluding carboxylic acids is 1. The van der Waals surface area contributed by atoms with Gasteiger partial charge in [-0.1, -0.05) is 5.16 Å². The third-order valence-corrected chi connectivity index (χ3v) is 4.08. The van der Waals surface area contributed by atoms with Crippen LogP contribution in [-0.2, 0) is 4.79 Å². The summed E-state index contributed by atoms with van der Waals surface area (Å²) in [5.41, 5.74) is 0. The fourth-order valence-corrected chi connectivity index (χ4v) is 3.18. The number of nitrogens with one attached hydrogen (secondary N) is 2. The summed E-state index contributed by atoms with van der Waals surface area (Å²) in [4.78, 5) is 13.5. The van der Waals surface area contributed by atoms with E-state index in [1.165, 1.54) is 38.6 Å². The summed E-state index contributed by atoms with van der Waals surface area (Å²) in [5.74, 6) is 1.43. The molecule has 1 aromatic heterocycles. The van der Waals surface area contributed by atoms with E-state index in [1.807, 2.05) is 0 Å². The topological polar surface area (TPSA) is 59.6 Å². The second-order valence-corrected chi connectivity index (χ2v) is 5.17. The van der Waals surface area contributed by atoms with Gasteiger partial charge in [-0.15, -0.1) is 0 Å². The van der Waals surface area contributed by atoms with Crippen LogP contribution in [0.1, 0.15) is 25.7 Å². The summed E-state index contributed by atoms with van der Waals surface area (Å²) in [5, 5.41) is 6.46. The number of rotatable bonds is 3. The number of fused-ring (bicyclic) bond motifs is 3. The molecule has 1 aromatic rings. The second kappa shape index (κ2) is 4.49. The van der Waals surface area contributed by atoms with Crippen LogP contribution in [0.5, 0.6) is 0 Å². The third kappa shape index (κ3) is 2.34. The maximum Gasteiger partial charge on any atom is 0.231 e. The Morgan fingerprint density at radius 1 is 1.53 bits per heavy atom. The van der Waals surface area contributed by atoms with Gasteiger partial charge in [0.2, 0.25) is 5.91 Å². The summed E-state index contributed by atoms with van der Waals surface area (Å²) in [6.45, 7) is 2.49. The van der Waals surface area contributed by atoms with Gasteiger partial charge in [0, 0.05) is 12.5 Å². The van der Waals surface area contributed by atoms with E-state index in [0.29, 0.717) is 18.3 Å². The molecule has 3 saturated heterocycles. The first-order valence-electron chi connectivity index (χ1n) is 6.36. The predicted octanol–water partition coefficient (Wildman–Crippen LogP) is 0.0704. The lowest BCUT2D eigenvalue weighted by Crippen LogP contribution is -3.18. The van der Waals surface area contributed by atoms with Crippen LogP contribution in [0.25, 0.3) is 0 Å². The molecular weight excluding hydrogens is 218 g/mol. The first-order chi connectivity index (χ1) is 8.31. The normalized spacial score (nSPS) is 31.4. The Bertz CT molecular complexity index is 382. The smallest absolute Gasteiger partial charge is 0.231 e. The van der Waals surface area contributed by atoms with E-state index in [0.717, 1.165) is 5.92 Å². The summed E-state index contributed by atoms with van der Waals surface area (Å²) < 4.78 is 4.68. The molecule has 0 radical (unpaired) electrons. The van der Waals surface area contributed by atoms with Gasteiger partial charge in [0.15, 0.2) is 5.82 Å². The van der Waals surface area contributed by atoms with Crippen molar-refractivity contribution in [3.63, 3.8) is 0 Å². The zero-order valence-corrected chi connectivity index (χ0v) is 9.82. The van der Waals surface area contributed by atoms with E-state index in [-0.39, 0.29) is 5.91 Å². The molecule has 3 aliphatic rings. The maximum absolute atomic E-state index is 11.8. The van der Waals surface area contributed by atoms with Crippen molar-refractivity contribution in [2.75, 3.05) is 18.4 Å². The molecule has 4 rings (SSSR count). The maximum atomic E-state index is 11.8. The van der Waals surface area contributed by atoms with Crippen molar-refractivity contribution in [3.8, 4) is 0 Å². The van der Waals surface area contributed by atoms with Gasteiger partial charge in [-0.2, -0.15) is 0 Å². The average molecular weight is 236 g/mol. The minimum atomic E-state index is 0.0592. The minimum absolute atomic E-state index is 0.0592. The van der Waals surface area contributed by atoms with E-state index in [9.17, 15) is 4.79 Å². The molecule has 3 fully saturated rings. The fraction of sp³-hybridized carbons (Fsp3) is 0.667. The molecule has 2 N–H and O–H groups in total. The van der Waals surface area contributed by atoms with Gasteiger partial charge in [-0.05, 0) is 18.8 Å². The Balaban J connectivity index is 1.55. The molecular formula is C12H18N3O2+. The zero-order valence-electron chi connectivity index (χ0n) is 9.82. The van der Waals surface area contributed by atoms with Gasteiger partial charge in [-0.3, -0.25) is 4.79 Å². The summed E-state index contributed by atoms with van der Waals surface area (Å²) in [6, 6.07) is 2.17. The first-order valence-corrected chi connectivity index (χ1v) is 6.36. The predicted molar refractivity (Wildman–Crippen MR) is 61.6 cm³/mol. The Labute approximate surface area is 100 Å². The third-order valence-electron chi connectivity index (χ3n) is 4.08. The lowest BCUT2D eigenvalue weighted by atomic mass is 9.82. The van der Waals surface area contributed by atoms with Gasteiger partial charge >= 0.3 is 0 Å². The quantitative estimate of drug-likeness (QED) is 0.781. The number of anilines is 1. The molecule has 0 aromatic carbocycles. The van der Waals surface area contributed by atoms with Gasteiger partial charge < -0.3 is 14.7 Å². The van der Waals surface area contributed by atoms with E-state index < -0.39 is 0 Å². The number of hydrogen-bond acceptors (Lipinski definition) is 3. The lowest BCUT2D eigenvalue weighted by molar-refractivity contribution is -0.941. The van der Waals surface area contributed by atoms with Crippen LogP contribution >= 0.6 is 0 Å². The molecule has 5 nitrogen and oxygen atoms in total. The lowest BCUT2D eigenvalue weighted by Gasteiger charge is -2.42. The first kappa shape index (κ1) is 10.8. The van der Waals surface area contributed by atoms with Crippen LogP contribution in [0.15, 0.2) is 16.9 Å². The summed E-state index contributed by atoms with van der Waals surface area (Å²) in [6.07, 6.45) is 5.97. The highest BCUT2D eigenvalue weighted by molar-refractivity contribution is 5.89. The standard InChI is InChI=1S/C12H17N3O2/c16-12(13-11-3-6-17-14-11)8-10-7-9-1-4-15(10)5-2-9/h3,6,9-10H,1-2,4-5,7-8H2,(H,13,14,16)/p+1. The van der Waals surface area contributed by atoms with Crippen molar-refractivity contribution >= 4 is 11.7 Å². The molecule has 2 bridgehead atoms. The Morgan fingerprint density at radius 2 is 2.35 bits per heavy atom. The second-order valence-electron chi connectivity index (χ2n) is 5.17. The molecule has 0 saturated carbocycles. The number of aromatic nitrogens is 1. The van der Waals surface area contributed by atoms with Crippen molar-refractivity contribution in [3.05, 3.63) is 12.3 Å². The van der Waals surface area contributed by atoms with Crippen LogP contribution in [0.2, 0.25) is 0 Å². The van der Waals surface area contributed by atoms with E-state index in [2.05, 4.69) is 15.0 Å². The largest absolute Gasteiger partial charge is 0.363 e. The van der Waals surface area contributed by atoms with Crippen molar-refractivity contribution in [2.24, 2.45) is 5.92 Å². The highest BCUT2D eigenvalue weighted by Gasteiger charge is 2.38. The molecule has 4 heterocycles. The van der Waals surface area contributed by atoms with Crippen molar-refractivity contribution in [1.29, 1.82) is 0 Å². The van der Waals surface area contributed by atoms with Crippen molar-refractivity contribution in [1.82, 2.24) is 5.16 Å². The molecule has 92 valence electrons. The van der Waals surface area contributed by atoms with E-state index >= 15 is 0 Å². The van der Waals surface area contributed by atoms with E-state index in [1.54, 1.807) is 11.0 Å². The van der Waals surface area contributed by atoms with Gasteiger partial charge in [0.1, 0.15) is 6.26 Å². The number of quaternary nitrogens is 1. The van der Waals surface area contributed by atoms with Crippen LogP contribution in [0.3, 0.4) is 0 Å². The van der Waals surface area contributed by atoms with Gasteiger partial charge in [-0.25, -0.2) is 0 Å². The van der Waals surface area contributed by atoms with Crippen molar-refractivity contribution in [2.45, 2.75) is 31.7 Å². The minimum Gasteiger partial charge on any atom is -0.363 e. The number of piperidine rings is 3. The molecule has 1 unspecified atom stereocenters. The highest BCUT2D eigenvalue weighted by atomic mass is 16.5. The van der Waals surface area contributed by atoms with Crippen LogP contribution in [0.4, 0.5) is 5.82 Å². The van der Waals surface area contributed by atoms with Gasteiger partial charge in [0.25, 0.3) is 0 Å². The van der Waals surface area contributed by atoms with Crippen LogP contribution < -0.4 is 10.2 Å². The molecule has 0 aliphatic carbocycles. The zero-order chi connectivity index (χ0) is 11.7. The molecule has 1 amide bonds. The number of nitrogens with zero attached hydrogens (tertiary/aromatic N) is 1. The molecule has 0 spiro atoms. The fourth-order valence-electron chi connectivity index (χ4n) is 3.18. The summed E-state index contributed by atoms with van der Waals surface area (Å²) in [7, 11) is 0. The van der Waals surface area contributed by atoms with Crippen LogP contribution in [-0.4, -0.2) is 30.2 Å². The number of amides is 1. The van der Waals surface area contributed by atoms with Crippen molar-refractivity contribution < 1.29 is 14.2 Å². The summed E-state index contributed by atoms with van der Waals surface area (Å²) >= 11 is 0. The molecule has 3 aliphatic heterocycles. The van der Waals surface area contributed by atoms with Gasteiger partial charge in [0.05, 0.1) is 25.6 Å². The highest BCUT2D eigenvalue weighted by Crippen LogP contribution is 2.22. The number of carbonyl (C=O) groups is 1. The Kier molecular flexibility index (Phi) is 2.84. The molecule has 5 heteroatoms. The molecule has 17 heavy (non-hydrogen) atoms.